The molecule has 0 atom stereocenters. The van der Waals surface area contributed by atoms with Crippen molar-refractivity contribution in [1.82, 2.24) is 0 Å². The summed E-state index contributed by atoms with van der Waals surface area (Å²) in [6.07, 6.45) is 1.42. The van der Waals surface area contributed by atoms with Crippen LogP contribution in [0.2, 0.25) is 0 Å². The van der Waals surface area contributed by atoms with Crippen LogP contribution < -0.4 is 0 Å². The number of sulfone groups is 1. The Morgan fingerprint density at radius 3 is 2.15 bits per heavy atom. The molecule has 0 aliphatic heterocycles. The van der Waals surface area contributed by atoms with Crippen molar-refractivity contribution in [2.24, 2.45) is 0 Å². The van der Waals surface area contributed by atoms with E-state index >= 15 is 0 Å². The van der Waals surface area contributed by atoms with Gasteiger partial charge in [0, 0.05) is 5.33 Å². The Hall–Kier alpha value is 0.390. The van der Waals surface area contributed by atoms with E-state index in [2.05, 4.69) is 15.9 Å². The van der Waals surface area contributed by atoms with E-state index in [9.17, 15) is 8.42 Å². The van der Waals surface area contributed by atoms with E-state index in [1.807, 2.05) is 0 Å². The first-order valence-electron chi connectivity index (χ1n) is 4.24. The van der Waals surface area contributed by atoms with E-state index in [1.165, 1.54) is 0 Å². The zero-order chi connectivity index (χ0) is 10.3. The number of halogens is 1. The molecule has 0 amide bonds. The van der Waals surface area contributed by atoms with E-state index < -0.39 is 19.3 Å². The number of hydrogen-bond donors (Lipinski definition) is 1. The first-order chi connectivity index (χ1) is 5.83. The summed E-state index contributed by atoms with van der Waals surface area (Å²) in [5, 5.41) is 9.50. The molecule has 13 heavy (non-hydrogen) atoms. The van der Waals surface area contributed by atoms with Gasteiger partial charge in [0.25, 0.3) is 0 Å². The van der Waals surface area contributed by atoms with Gasteiger partial charge in [0.15, 0.2) is 9.84 Å². The number of aliphatic hydroxyl groups is 1. The Morgan fingerprint density at radius 1 is 1.46 bits per heavy atom. The molecule has 1 fully saturated rings. The van der Waals surface area contributed by atoms with Gasteiger partial charge >= 0.3 is 0 Å². The van der Waals surface area contributed by atoms with E-state index in [1.54, 1.807) is 13.8 Å². The minimum atomic E-state index is -3.22. The summed E-state index contributed by atoms with van der Waals surface area (Å²) in [7, 11) is -3.22. The van der Waals surface area contributed by atoms with Crippen LogP contribution in [0.1, 0.15) is 26.7 Å². The minimum Gasteiger partial charge on any atom is -0.395 e. The van der Waals surface area contributed by atoms with Crippen molar-refractivity contribution in [3.05, 3.63) is 0 Å². The van der Waals surface area contributed by atoms with Crippen LogP contribution in [0.3, 0.4) is 0 Å². The highest BCUT2D eigenvalue weighted by molar-refractivity contribution is 9.09. The van der Waals surface area contributed by atoms with Gasteiger partial charge in [-0.3, -0.25) is 0 Å². The Bertz CT molecular complexity index is 279. The fraction of sp³-hybridized carbons (Fsp3) is 1.00. The van der Waals surface area contributed by atoms with Crippen LogP contribution in [0.25, 0.3) is 0 Å². The topological polar surface area (TPSA) is 54.4 Å². The lowest BCUT2D eigenvalue weighted by Crippen LogP contribution is -2.44. The van der Waals surface area contributed by atoms with E-state index in [0.717, 1.165) is 0 Å². The first-order valence-corrected chi connectivity index (χ1v) is 6.84. The van der Waals surface area contributed by atoms with Gasteiger partial charge in [-0.2, -0.15) is 0 Å². The largest absolute Gasteiger partial charge is 0.395 e. The smallest absolute Gasteiger partial charge is 0.164 e. The minimum absolute atomic E-state index is 0.315. The molecular weight excluding hydrogens is 256 g/mol. The summed E-state index contributed by atoms with van der Waals surface area (Å²) in [5.41, 5.74) is 0. The maximum absolute atomic E-state index is 12.0. The predicted octanol–water partition coefficient (Wildman–Crippen LogP) is 1.10. The van der Waals surface area contributed by atoms with Gasteiger partial charge in [0.05, 0.1) is 16.1 Å². The summed E-state index contributed by atoms with van der Waals surface area (Å²) >= 11 is 3.23. The van der Waals surface area contributed by atoms with Crippen molar-refractivity contribution < 1.29 is 13.5 Å². The summed E-state index contributed by atoms with van der Waals surface area (Å²) < 4.78 is 22.4. The Morgan fingerprint density at radius 2 is 1.92 bits per heavy atom. The molecule has 0 aromatic heterocycles. The van der Waals surface area contributed by atoms with Gasteiger partial charge in [0.2, 0.25) is 0 Å². The maximum atomic E-state index is 12.0. The van der Waals surface area contributed by atoms with Crippen LogP contribution in [0, 0.1) is 0 Å². The molecule has 1 aliphatic carbocycles. The van der Waals surface area contributed by atoms with Gasteiger partial charge in [-0.1, -0.05) is 15.9 Å². The van der Waals surface area contributed by atoms with Crippen molar-refractivity contribution in [2.45, 2.75) is 36.2 Å². The van der Waals surface area contributed by atoms with Crippen molar-refractivity contribution in [3.63, 3.8) is 0 Å². The zero-order valence-electron chi connectivity index (χ0n) is 7.88. The average Bonchev–Trinajstić information content (AvgIpc) is 2.84. The summed E-state index contributed by atoms with van der Waals surface area (Å²) in [6.45, 7) is 2.83. The highest BCUT2D eigenvalue weighted by atomic mass is 79.9. The zero-order valence-corrected chi connectivity index (χ0v) is 10.3. The van der Waals surface area contributed by atoms with Crippen LogP contribution >= 0.6 is 15.9 Å². The fourth-order valence-electron chi connectivity index (χ4n) is 1.28. The molecule has 0 radical (unpaired) electrons. The molecule has 0 aromatic carbocycles. The molecule has 0 heterocycles. The number of aliphatic hydroxyl groups excluding tert-OH is 1. The van der Waals surface area contributed by atoms with Crippen LogP contribution in [-0.2, 0) is 9.84 Å². The van der Waals surface area contributed by atoms with Gasteiger partial charge in [-0.05, 0) is 26.7 Å². The van der Waals surface area contributed by atoms with Gasteiger partial charge in [-0.15, -0.1) is 0 Å². The molecule has 1 aliphatic rings. The molecule has 1 rings (SSSR count). The SMILES string of the molecule is CC(C)(CO)S(=O)(=O)C1(CBr)CC1. The number of hydrogen-bond acceptors (Lipinski definition) is 3. The molecule has 5 heteroatoms. The van der Waals surface area contributed by atoms with Crippen LogP contribution in [-0.4, -0.2) is 35.0 Å². The lowest BCUT2D eigenvalue weighted by Gasteiger charge is -2.27. The monoisotopic (exact) mass is 270 g/mol. The summed E-state index contributed by atoms with van der Waals surface area (Å²) in [4.78, 5) is 0. The molecule has 0 saturated heterocycles. The van der Waals surface area contributed by atoms with Gasteiger partial charge < -0.3 is 5.11 Å². The summed E-state index contributed by atoms with van der Waals surface area (Å²) in [6, 6.07) is 0. The molecular formula is C8H15BrO3S. The van der Waals surface area contributed by atoms with Crippen molar-refractivity contribution in [2.75, 3.05) is 11.9 Å². The highest BCUT2D eigenvalue weighted by Gasteiger charge is 2.58. The predicted molar refractivity (Wildman–Crippen MR) is 55.8 cm³/mol. The molecule has 1 saturated carbocycles. The molecule has 0 bridgehead atoms. The molecule has 0 unspecified atom stereocenters. The van der Waals surface area contributed by atoms with E-state index in [-0.39, 0.29) is 6.61 Å². The van der Waals surface area contributed by atoms with Gasteiger partial charge in [-0.25, -0.2) is 8.42 Å². The number of alkyl halides is 1. The van der Waals surface area contributed by atoms with Crippen LogP contribution in [0.4, 0.5) is 0 Å². The Labute approximate surface area is 87.6 Å². The molecule has 3 nitrogen and oxygen atoms in total. The van der Waals surface area contributed by atoms with E-state index in [0.29, 0.717) is 18.2 Å². The lowest BCUT2D eigenvalue weighted by molar-refractivity contribution is 0.257. The van der Waals surface area contributed by atoms with Crippen molar-refractivity contribution in [3.8, 4) is 0 Å². The molecule has 1 N–H and O–H groups in total. The Balaban J connectivity index is 3.03. The second kappa shape index (κ2) is 3.21. The Kier molecular flexibility index (Phi) is 2.83. The fourth-order valence-corrected chi connectivity index (χ4v) is 4.87. The molecule has 0 spiro atoms. The second-order valence-corrected chi connectivity index (χ2v) is 7.78. The van der Waals surface area contributed by atoms with Crippen LogP contribution in [0.15, 0.2) is 0 Å². The van der Waals surface area contributed by atoms with Gasteiger partial charge in [0.1, 0.15) is 0 Å². The van der Waals surface area contributed by atoms with Crippen molar-refractivity contribution >= 4 is 25.8 Å². The second-order valence-electron chi connectivity index (χ2n) is 4.24. The highest BCUT2D eigenvalue weighted by Crippen LogP contribution is 2.49. The third-order valence-corrected chi connectivity index (χ3v) is 7.45. The van der Waals surface area contributed by atoms with Crippen molar-refractivity contribution in [1.29, 1.82) is 0 Å². The quantitative estimate of drug-likeness (QED) is 0.779. The standard InChI is InChI=1S/C8H15BrO3S/c1-7(2,6-10)13(11,12)8(5-9)3-4-8/h10H,3-6H2,1-2H3. The maximum Gasteiger partial charge on any atom is 0.164 e. The average molecular weight is 271 g/mol. The lowest BCUT2D eigenvalue weighted by atomic mass is 10.2. The first kappa shape index (κ1) is 11.5. The van der Waals surface area contributed by atoms with Crippen LogP contribution in [0.5, 0.6) is 0 Å². The third kappa shape index (κ3) is 1.55. The normalized spacial score (nSPS) is 21.5. The molecule has 78 valence electrons. The van der Waals surface area contributed by atoms with E-state index in [4.69, 9.17) is 5.11 Å². The third-order valence-electron chi connectivity index (χ3n) is 2.73. The summed E-state index contributed by atoms with van der Waals surface area (Å²) in [5.74, 6) is 0. The molecule has 0 aromatic rings. The number of rotatable bonds is 4.